The van der Waals surface area contributed by atoms with Crippen molar-refractivity contribution in [3.8, 4) is 0 Å². The van der Waals surface area contributed by atoms with Gasteiger partial charge in [-0.15, -0.1) is 0 Å². The van der Waals surface area contributed by atoms with Crippen LogP contribution in [0.15, 0.2) is 18.3 Å². The van der Waals surface area contributed by atoms with E-state index in [4.69, 9.17) is 0 Å². The molecule has 1 aliphatic heterocycles. The topological polar surface area (TPSA) is 65.5 Å². The lowest BCUT2D eigenvalue weighted by Crippen LogP contribution is -2.34. The van der Waals surface area contributed by atoms with Gasteiger partial charge in [0, 0.05) is 24.8 Å². The van der Waals surface area contributed by atoms with Crippen molar-refractivity contribution in [3.05, 3.63) is 23.9 Å². The standard InChI is InChI=1S/C12H17N3O2/c1-9(16)10-4-2-5-14-12(10)15-7-3-6-13-11(17)8-15/h2,4-5,9,16H,3,6-8H2,1H3,(H,13,17). The van der Waals surface area contributed by atoms with Crippen molar-refractivity contribution in [1.29, 1.82) is 0 Å². The summed E-state index contributed by atoms with van der Waals surface area (Å²) in [5, 5.41) is 12.5. The molecule has 0 spiro atoms. The van der Waals surface area contributed by atoms with Gasteiger partial charge >= 0.3 is 0 Å². The van der Waals surface area contributed by atoms with Gasteiger partial charge in [0.1, 0.15) is 5.82 Å². The van der Waals surface area contributed by atoms with Crippen LogP contribution in [0.25, 0.3) is 0 Å². The molecule has 1 atom stereocenters. The normalized spacial score (nSPS) is 18.5. The van der Waals surface area contributed by atoms with E-state index < -0.39 is 6.10 Å². The first-order valence-corrected chi connectivity index (χ1v) is 5.83. The molecule has 0 saturated carbocycles. The summed E-state index contributed by atoms with van der Waals surface area (Å²) >= 11 is 0. The molecule has 0 aromatic carbocycles. The van der Waals surface area contributed by atoms with Crippen molar-refractivity contribution < 1.29 is 9.90 Å². The van der Waals surface area contributed by atoms with Crippen molar-refractivity contribution in [2.24, 2.45) is 0 Å². The Kier molecular flexibility index (Phi) is 3.58. The third-order valence-corrected chi connectivity index (χ3v) is 2.83. The van der Waals surface area contributed by atoms with E-state index in [1.807, 2.05) is 11.0 Å². The lowest BCUT2D eigenvalue weighted by molar-refractivity contribution is -0.119. The van der Waals surface area contributed by atoms with Crippen LogP contribution in [-0.2, 0) is 4.79 Å². The second-order valence-electron chi connectivity index (χ2n) is 4.22. The zero-order valence-corrected chi connectivity index (χ0v) is 9.89. The largest absolute Gasteiger partial charge is 0.389 e. The van der Waals surface area contributed by atoms with E-state index in [2.05, 4.69) is 10.3 Å². The molecule has 5 heteroatoms. The number of hydrogen-bond donors (Lipinski definition) is 2. The molecule has 5 nitrogen and oxygen atoms in total. The molecule has 0 bridgehead atoms. The number of amides is 1. The van der Waals surface area contributed by atoms with E-state index in [1.54, 1.807) is 19.2 Å². The average molecular weight is 235 g/mol. The van der Waals surface area contributed by atoms with Gasteiger partial charge in [0.2, 0.25) is 5.91 Å². The van der Waals surface area contributed by atoms with Gasteiger partial charge < -0.3 is 15.3 Å². The highest BCUT2D eigenvalue weighted by Gasteiger charge is 2.19. The van der Waals surface area contributed by atoms with Gasteiger partial charge in [0.25, 0.3) is 0 Å². The second kappa shape index (κ2) is 5.14. The van der Waals surface area contributed by atoms with Gasteiger partial charge in [-0.2, -0.15) is 0 Å². The molecule has 2 N–H and O–H groups in total. The number of aliphatic hydroxyl groups is 1. The minimum absolute atomic E-state index is 0.00435. The van der Waals surface area contributed by atoms with E-state index in [0.717, 1.165) is 18.5 Å². The molecule has 2 rings (SSSR count). The average Bonchev–Trinajstić information content (AvgIpc) is 2.54. The first-order chi connectivity index (χ1) is 8.18. The number of aliphatic hydroxyl groups excluding tert-OH is 1. The van der Waals surface area contributed by atoms with E-state index in [1.165, 1.54) is 0 Å². The van der Waals surface area contributed by atoms with Crippen LogP contribution in [0, 0.1) is 0 Å². The Morgan fingerprint density at radius 3 is 3.18 bits per heavy atom. The summed E-state index contributed by atoms with van der Waals surface area (Å²) in [5.41, 5.74) is 0.766. The lowest BCUT2D eigenvalue weighted by Gasteiger charge is -2.23. The molecule has 17 heavy (non-hydrogen) atoms. The Balaban J connectivity index is 2.28. The minimum atomic E-state index is -0.579. The zero-order chi connectivity index (χ0) is 12.3. The summed E-state index contributed by atoms with van der Waals surface area (Å²) in [4.78, 5) is 17.7. The molecule has 1 fully saturated rings. The quantitative estimate of drug-likeness (QED) is 0.781. The summed E-state index contributed by atoms with van der Waals surface area (Å²) in [5.74, 6) is 0.712. The van der Waals surface area contributed by atoms with Crippen molar-refractivity contribution in [1.82, 2.24) is 10.3 Å². The number of carbonyl (C=O) groups excluding carboxylic acids is 1. The van der Waals surface area contributed by atoms with Gasteiger partial charge in [-0.25, -0.2) is 4.98 Å². The van der Waals surface area contributed by atoms with Crippen LogP contribution in [-0.4, -0.2) is 35.6 Å². The zero-order valence-electron chi connectivity index (χ0n) is 9.89. The van der Waals surface area contributed by atoms with Crippen molar-refractivity contribution in [3.63, 3.8) is 0 Å². The number of anilines is 1. The molecule has 92 valence electrons. The maximum Gasteiger partial charge on any atom is 0.239 e. The minimum Gasteiger partial charge on any atom is -0.389 e. The van der Waals surface area contributed by atoms with Crippen molar-refractivity contribution in [2.75, 3.05) is 24.5 Å². The maximum atomic E-state index is 11.5. The van der Waals surface area contributed by atoms with Crippen LogP contribution < -0.4 is 10.2 Å². The monoisotopic (exact) mass is 235 g/mol. The third-order valence-electron chi connectivity index (χ3n) is 2.83. The summed E-state index contributed by atoms with van der Waals surface area (Å²) in [7, 11) is 0. The number of nitrogens with zero attached hydrogens (tertiary/aromatic N) is 2. The van der Waals surface area contributed by atoms with Crippen LogP contribution in [0.3, 0.4) is 0 Å². The fraction of sp³-hybridized carbons (Fsp3) is 0.500. The highest BCUT2D eigenvalue weighted by atomic mass is 16.3. The second-order valence-corrected chi connectivity index (χ2v) is 4.22. The van der Waals surface area contributed by atoms with Crippen LogP contribution in [0.2, 0.25) is 0 Å². The molecule has 1 unspecified atom stereocenters. The predicted molar refractivity (Wildman–Crippen MR) is 64.7 cm³/mol. The molecule has 2 heterocycles. The molecular formula is C12H17N3O2. The predicted octanol–water partition coefficient (Wildman–Crippen LogP) is 0.461. The first-order valence-electron chi connectivity index (χ1n) is 5.83. The molecule has 1 amide bonds. The fourth-order valence-electron chi connectivity index (χ4n) is 1.99. The molecule has 1 aliphatic rings. The van der Waals surface area contributed by atoms with E-state index in [9.17, 15) is 9.90 Å². The first kappa shape index (κ1) is 11.9. The highest BCUT2D eigenvalue weighted by Crippen LogP contribution is 2.23. The lowest BCUT2D eigenvalue weighted by atomic mass is 10.1. The Morgan fingerprint density at radius 1 is 1.59 bits per heavy atom. The Hall–Kier alpha value is -1.62. The maximum absolute atomic E-state index is 11.5. The Morgan fingerprint density at radius 2 is 2.41 bits per heavy atom. The Labute approximate surface area is 100 Å². The molecule has 1 saturated heterocycles. The van der Waals surface area contributed by atoms with Crippen LogP contribution in [0.1, 0.15) is 25.0 Å². The fourth-order valence-corrected chi connectivity index (χ4v) is 1.99. The number of rotatable bonds is 2. The van der Waals surface area contributed by atoms with E-state index in [-0.39, 0.29) is 5.91 Å². The third kappa shape index (κ3) is 2.74. The SMILES string of the molecule is CC(O)c1cccnc1N1CCCNC(=O)C1. The summed E-state index contributed by atoms with van der Waals surface area (Å²) in [6.07, 6.45) is 2.00. The molecule has 0 aliphatic carbocycles. The number of pyridine rings is 1. The summed E-state index contributed by atoms with van der Waals surface area (Å²) < 4.78 is 0. The van der Waals surface area contributed by atoms with Crippen LogP contribution >= 0.6 is 0 Å². The Bertz CT molecular complexity index is 406. The summed E-state index contributed by atoms with van der Waals surface area (Å²) in [6.45, 7) is 3.48. The van der Waals surface area contributed by atoms with E-state index in [0.29, 0.717) is 18.9 Å². The van der Waals surface area contributed by atoms with Gasteiger partial charge in [0.15, 0.2) is 0 Å². The summed E-state index contributed by atoms with van der Waals surface area (Å²) in [6, 6.07) is 3.64. The highest BCUT2D eigenvalue weighted by molar-refractivity contribution is 5.81. The number of carbonyl (C=O) groups is 1. The van der Waals surface area contributed by atoms with Crippen molar-refractivity contribution >= 4 is 11.7 Å². The van der Waals surface area contributed by atoms with E-state index >= 15 is 0 Å². The van der Waals surface area contributed by atoms with Gasteiger partial charge in [-0.3, -0.25) is 4.79 Å². The molecular weight excluding hydrogens is 218 g/mol. The van der Waals surface area contributed by atoms with Crippen LogP contribution in [0.5, 0.6) is 0 Å². The molecule has 1 aromatic rings. The van der Waals surface area contributed by atoms with Gasteiger partial charge in [-0.1, -0.05) is 6.07 Å². The smallest absolute Gasteiger partial charge is 0.239 e. The number of aromatic nitrogens is 1. The molecule has 0 radical (unpaired) electrons. The van der Waals surface area contributed by atoms with Crippen LogP contribution in [0.4, 0.5) is 5.82 Å². The molecule has 1 aromatic heterocycles. The number of nitrogens with one attached hydrogen (secondary N) is 1. The number of hydrogen-bond acceptors (Lipinski definition) is 4. The van der Waals surface area contributed by atoms with Crippen molar-refractivity contribution in [2.45, 2.75) is 19.4 Å². The van der Waals surface area contributed by atoms with Gasteiger partial charge in [-0.05, 0) is 19.4 Å². The van der Waals surface area contributed by atoms with Gasteiger partial charge in [0.05, 0.1) is 12.6 Å².